The van der Waals surface area contributed by atoms with E-state index in [-0.39, 0.29) is 0 Å². The van der Waals surface area contributed by atoms with Crippen LogP contribution in [0.1, 0.15) is 31.7 Å². The summed E-state index contributed by atoms with van der Waals surface area (Å²) in [6, 6.07) is 7.74. The van der Waals surface area contributed by atoms with Crippen molar-refractivity contribution in [1.82, 2.24) is 5.32 Å². The van der Waals surface area contributed by atoms with Gasteiger partial charge in [-0.25, -0.2) is 0 Å². The van der Waals surface area contributed by atoms with Crippen LogP contribution in [-0.4, -0.2) is 6.54 Å². The summed E-state index contributed by atoms with van der Waals surface area (Å²) in [4.78, 5) is 0. The average molecular weight is 224 g/mol. The van der Waals surface area contributed by atoms with Crippen molar-refractivity contribution in [2.24, 2.45) is 0 Å². The van der Waals surface area contributed by atoms with Crippen LogP contribution in [0, 0.1) is 0 Å². The highest BCUT2D eigenvalue weighted by molar-refractivity contribution is 6.30. The van der Waals surface area contributed by atoms with Crippen molar-refractivity contribution >= 4 is 17.3 Å². The molecule has 0 aliphatic carbocycles. The summed E-state index contributed by atoms with van der Waals surface area (Å²) >= 11 is 5.81. The molecule has 0 aromatic heterocycles. The van der Waals surface area contributed by atoms with Gasteiger partial charge >= 0.3 is 0 Å². The van der Waals surface area contributed by atoms with E-state index >= 15 is 0 Å². The van der Waals surface area contributed by atoms with Crippen LogP contribution >= 0.6 is 11.6 Å². The maximum absolute atomic E-state index is 5.81. The number of halogens is 1. The molecule has 0 aliphatic heterocycles. The Bertz CT molecular complexity index is 303. The molecule has 0 atom stereocenters. The molecule has 1 rings (SSSR count). The lowest BCUT2D eigenvalue weighted by atomic mass is 10.1. The Morgan fingerprint density at radius 2 is 1.93 bits per heavy atom. The van der Waals surface area contributed by atoms with Gasteiger partial charge in [-0.05, 0) is 24.1 Å². The minimum atomic E-state index is 0.762. The SMILES string of the molecule is C=C(NCCCCC)c1ccc(Cl)cc1. The Labute approximate surface area is 97.1 Å². The highest BCUT2D eigenvalue weighted by Crippen LogP contribution is 2.14. The van der Waals surface area contributed by atoms with Crippen LogP contribution in [0.15, 0.2) is 30.8 Å². The topological polar surface area (TPSA) is 12.0 Å². The van der Waals surface area contributed by atoms with E-state index in [1.807, 2.05) is 24.3 Å². The molecule has 1 nitrogen and oxygen atoms in total. The molecule has 0 aliphatic rings. The molecular formula is C13H18ClN. The average Bonchev–Trinajstić information content (AvgIpc) is 2.25. The van der Waals surface area contributed by atoms with E-state index in [1.165, 1.54) is 19.3 Å². The van der Waals surface area contributed by atoms with E-state index in [4.69, 9.17) is 11.6 Å². The second-order valence-electron chi connectivity index (χ2n) is 3.62. The lowest BCUT2D eigenvalue weighted by Gasteiger charge is -2.09. The summed E-state index contributed by atoms with van der Waals surface area (Å²) in [5.41, 5.74) is 2.08. The fourth-order valence-electron chi connectivity index (χ4n) is 1.37. The number of nitrogens with one attached hydrogen (secondary N) is 1. The maximum atomic E-state index is 5.81. The quantitative estimate of drug-likeness (QED) is 0.717. The zero-order valence-electron chi connectivity index (χ0n) is 9.22. The molecule has 0 fully saturated rings. The van der Waals surface area contributed by atoms with Gasteiger partial charge in [-0.15, -0.1) is 0 Å². The summed E-state index contributed by atoms with van der Waals surface area (Å²) < 4.78 is 0. The predicted octanol–water partition coefficient (Wildman–Crippen LogP) is 4.09. The van der Waals surface area contributed by atoms with Crippen LogP contribution in [0.3, 0.4) is 0 Å². The van der Waals surface area contributed by atoms with Crippen molar-refractivity contribution in [2.75, 3.05) is 6.54 Å². The Kier molecular flexibility index (Phi) is 5.27. The molecule has 1 aromatic carbocycles. The fraction of sp³-hybridized carbons (Fsp3) is 0.385. The number of hydrogen-bond donors (Lipinski definition) is 1. The molecule has 82 valence electrons. The summed E-state index contributed by atoms with van der Waals surface area (Å²) in [6.45, 7) is 7.20. The van der Waals surface area contributed by atoms with Gasteiger partial charge in [0.1, 0.15) is 0 Å². The molecule has 1 aromatic rings. The molecule has 0 saturated carbocycles. The first-order valence-electron chi connectivity index (χ1n) is 5.42. The number of hydrogen-bond acceptors (Lipinski definition) is 1. The second-order valence-corrected chi connectivity index (χ2v) is 4.06. The van der Waals surface area contributed by atoms with Crippen LogP contribution < -0.4 is 5.32 Å². The predicted molar refractivity (Wildman–Crippen MR) is 68.0 cm³/mol. The van der Waals surface area contributed by atoms with Gasteiger partial charge in [0, 0.05) is 17.3 Å². The summed E-state index contributed by atoms with van der Waals surface area (Å²) in [5.74, 6) is 0. The Morgan fingerprint density at radius 3 is 2.53 bits per heavy atom. The van der Waals surface area contributed by atoms with Crippen LogP contribution in [0.25, 0.3) is 5.70 Å². The van der Waals surface area contributed by atoms with Gasteiger partial charge in [-0.2, -0.15) is 0 Å². The lowest BCUT2D eigenvalue weighted by molar-refractivity contribution is 0.689. The summed E-state index contributed by atoms with van der Waals surface area (Å²) in [7, 11) is 0. The number of rotatable bonds is 6. The monoisotopic (exact) mass is 223 g/mol. The van der Waals surface area contributed by atoms with Crippen molar-refractivity contribution in [2.45, 2.75) is 26.2 Å². The van der Waals surface area contributed by atoms with Gasteiger partial charge in [-0.1, -0.05) is 50.1 Å². The van der Waals surface area contributed by atoms with Crippen LogP contribution in [0.2, 0.25) is 5.02 Å². The number of benzene rings is 1. The second kappa shape index (κ2) is 6.52. The zero-order valence-corrected chi connectivity index (χ0v) is 9.98. The Hall–Kier alpha value is -0.950. The maximum Gasteiger partial charge on any atom is 0.0406 e. The molecule has 0 radical (unpaired) electrons. The van der Waals surface area contributed by atoms with E-state index < -0.39 is 0 Å². The Morgan fingerprint density at radius 1 is 1.27 bits per heavy atom. The first-order valence-corrected chi connectivity index (χ1v) is 5.80. The fourth-order valence-corrected chi connectivity index (χ4v) is 1.49. The van der Waals surface area contributed by atoms with E-state index in [0.717, 1.165) is 22.8 Å². The lowest BCUT2D eigenvalue weighted by Crippen LogP contribution is -2.12. The van der Waals surface area contributed by atoms with Gasteiger partial charge in [-0.3, -0.25) is 0 Å². The van der Waals surface area contributed by atoms with Crippen molar-refractivity contribution in [1.29, 1.82) is 0 Å². The molecule has 0 spiro atoms. The summed E-state index contributed by atoms with van der Waals surface area (Å²) in [5, 5.41) is 4.08. The molecule has 0 amide bonds. The third-order valence-corrected chi connectivity index (χ3v) is 2.56. The molecule has 0 saturated heterocycles. The van der Waals surface area contributed by atoms with Gasteiger partial charge in [0.25, 0.3) is 0 Å². The third kappa shape index (κ3) is 4.39. The van der Waals surface area contributed by atoms with Gasteiger partial charge < -0.3 is 5.32 Å². The molecule has 0 bridgehead atoms. The first kappa shape index (κ1) is 12.1. The highest BCUT2D eigenvalue weighted by atomic mass is 35.5. The van der Waals surface area contributed by atoms with Gasteiger partial charge in [0.2, 0.25) is 0 Å². The third-order valence-electron chi connectivity index (χ3n) is 2.31. The van der Waals surface area contributed by atoms with Crippen molar-refractivity contribution in [3.05, 3.63) is 41.4 Å². The van der Waals surface area contributed by atoms with E-state index in [0.29, 0.717) is 0 Å². The van der Waals surface area contributed by atoms with Crippen molar-refractivity contribution in [3.8, 4) is 0 Å². The summed E-state index contributed by atoms with van der Waals surface area (Å²) in [6.07, 6.45) is 3.71. The first-order chi connectivity index (χ1) is 7.24. The molecule has 15 heavy (non-hydrogen) atoms. The van der Waals surface area contributed by atoms with Crippen LogP contribution in [0.4, 0.5) is 0 Å². The molecule has 2 heteroatoms. The molecular weight excluding hydrogens is 206 g/mol. The van der Waals surface area contributed by atoms with Gasteiger partial charge in [0.05, 0.1) is 0 Å². The van der Waals surface area contributed by atoms with E-state index in [1.54, 1.807) is 0 Å². The van der Waals surface area contributed by atoms with Crippen LogP contribution in [0.5, 0.6) is 0 Å². The van der Waals surface area contributed by atoms with E-state index in [2.05, 4.69) is 18.8 Å². The smallest absolute Gasteiger partial charge is 0.0406 e. The zero-order chi connectivity index (χ0) is 11.1. The largest absolute Gasteiger partial charge is 0.385 e. The van der Waals surface area contributed by atoms with Gasteiger partial charge in [0.15, 0.2) is 0 Å². The normalized spacial score (nSPS) is 10.0. The molecule has 1 N–H and O–H groups in total. The standard InChI is InChI=1S/C13H18ClN/c1-3-4-5-10-15-11(2)12-6-8-13(14)9-7-12/h6-9,15H,2-5,10H2,1H3. The van der Waals surface area contributed by atoms with Crippen molar-refractivity contribution < 1.29 is 0 Å². The minimum absolute atomic E-state index is 0.762. The van der Waals surface area contributed by atoms with E-state index in [9.17, 15) is 0 Å². The van der Waals surface area contributed by atoms with Crippen molar-refractivity contribution in [3.63, 3.8) is 0 Å². The molecule has 0 heterocycles. The van der Waals surface area contributed by atoms with Crippen LogP contribution in [-0.2, 0) is 0 Å². The minimum Gasteiger partial charge on any atom is -0.385 e. The molecule has 0 unspecified atom stereocenters. The Balaban J connectivity index is 2.37. The highest BCUT2D eigenvalue weighted by Gasteiger charge is 1.97. The number of unbranched alkanes of at least 4 members (excludes halogenated alkanes) is 2.